The molecular formula is C17H21N3O. The number of aromatic nitrogens is 2. The molecule has 2 aromatic heterocycles. The molecule has 0 spiro atoms. The van der Waals surface area contributed by atoms with Crippen LogP contribution in [0.1, 0.15) is 41.3 Å². The first kappa shape index (κ1) is 14.0. The van der Waals surface area contributed by atoms with Gasteiger partial charge in [-0.05, 0) is 49.9 Å². The first-order chi connectivity index (χ1) is 10.2. The summed E-state index contributed by atoms with van der Waals surface area (Å²) in [6, 6.07) is 6.13. The van der Waals surface area contributed by atoms with Crippen LogP contribution >= 0.6 is 0 Å². The van der Waals surface area contributed by atoms with E-state index in [0.29, 0.717) is 12.6 Å². The van der Waals surface area contributed by atoms with Gasteiger partial charge in [-0.1, -0.05) is 12.1 Å². The second-order valence-electron chi connectivity index (χ2n) is 5.76. The van der Waals surface area contributed by atoms with E-state index in [-0.39, 0.29) is 5.56 Å². The van der Waals surface area contributed by atoms with E-state index in [2.05, 4.69) is 16.4 Å². The SMILES string of the molecule is CNC1CCCc2c1ccc(=O)n2Cc1cncc(C)c1. The van der Waals surface area contributed by atoms with Crippen LogP contribution in [0.4, 0.5) is 0 Å². The van der Waals surface area contributed by atoms with Crippen molar-refractivity contribution in [3.8, 4) is 0 Å². The van der Waals surface area contributed by atoms with Crippen LogP contribution in [0.15, 0.2) is 35.4 Å². The highest BCUT2D eigenvalue weighted by Gasteiger charge is 2.21. The number of nitrogens with zero attached hydrogens (tertiary/aromatic N) is 2. The molecule has 4 nitrogen and oxygen atoms in total. The van der Waals surface area contributed by atoms with E-state index in [1.807, 2.05) is 37.0 Å². The summed E-state index contributed by atoms with van der Waals surface area (Å²) >= 11 is 0. The molecule has 0 saturated heterocycles. The molecular weight excluding hydrogens is 262 g/mol. The number of pyridine rings is 2. The Morgan fingerprint density at radius 3 is 3.00 bits per heavy atom. The lowest BCUT2D eigenvalue weighted by molar-refractivity contribution is 0.473. The molecule has 0 radical (unpaired) electrons. The molecule has 1 atom stereocenters. The van der Waals surface area contributed by atoms with Crippen molar-refractivity contribution >= 4 is 0 Å². The quantitative estimate of drug-likeness (QED) is 0.939. The Bertz CT molecular complexity index is 705. The fourth-order valence-electron chi connectivity index (χ4n) is 3.22. The summed E-state index contributed by atoms with van der Waals surface area (Å²) < 4.78 is 1.91. The van der Waals surface area contributed by atoms with Gasteiger partial charge >= 0.3 is 0 Å². The molecule has 110 valence electrons. The molecule has 0 amide bonds. The molecule has 3 rings (SSSR count). The second kappa shape index (κ2) is 5.82. The maximum absolute atomic E-state index is 12.3. The van der Waals surface area contributed by atoms with Gasteiger partial charge in [0.25, 0.3) is 5.56 Å². The summed E-state index contributed by atoms with van der Waals surface area (Å²) in [6.07, 6.45) is 6.91. The Kier molecular flexibility index (Phi) is 3.88. The molecule has 2 aromatic rings. The van der Waals surface area contributed by atoms with Gasteiger partial charge in [-0.3, -0.25) is 9.78 Å². The Hall–Kier alpha value is -1.94. The molecule has 21 heavy (non-hydrogen) atoms. The Morgan fingerprint density at radius 1 is 1.38 bits per heavy atom. The monoisotopic (exact) mass is 283 g/mol. The molecule has 0 fully saturated rings. The number of fused-ring (bicyclic) bond motifs is 1. The number of rotatable bonds is 3. The summed E-state index contributed by atoms with van der Waals surface area (Å²) in [7, 11) is 1.99. The van der Waals surface area contributed by atoms with E-state index in [1.165, 1.54) is 11.3 Å². The van der Waals surface area contributed by atoms with Gasteiger partial charge in [0.2, 0.25) is 0 Å². The number of hydrogen-bond donors (Lipinski definition) is 1. The zero-order valence-electron chi connectivity index (χ0n) is 12.6. The number of hydrogen-bond acceptors (Lipinski definition) is 3. The summed E-state index contributed by atoms with van der Waals surface area (Å²) in [5, 5.41) is 3.35. The normalized spacial score (nSPS) is 17.5. The predicted molar refractivity (Wildman–Crippen MR) is 83.5 cm³/mol. The lowest BCUT2D eigenvalue weighted by Crippen LogP contribution is -2.30. The van der Waals surface area contributed by atoms with Crippen molar-refractivity contribution in [3.05, 3.63) is 63.3 Å². The van der Waals surface area contributed by atoms with Gasteiger partial charge in [0.15, 0.2) is 0 Å². The molecule has 0 saturated carbocycles. The van der Waals surface area contributed by atoms with Crippen LogP contribution in [0.2, 0.25) is 0 Å². The third-order valence-electron chi connectivity index (χ3n) is 4.23. The standard InChI is InChI=1S/C17H21N3O/c1-12-8-13(10-19-9-12)11-20-16-5-3-4-15(18-2)14(16)6-7-17(20)21/h6-10,15,18H,3-5,11H2,1-2H3. The number of nitrogens with one attached hydrogen (secondary N) is 1. The predicted octanol–water partition coefficient (Wildman–Crippen LogP) is 2.20. The summed E-state index contributed by atoms with van der Waals surface area (Å²) in [6.45, 7) is 2.63. The van der Waals surface area contributed by atoms with Crippen molar-refractivity contribution in [2.45, 2.75) is 38.8 Å². The average Bonchev–Trinajstić information content (AvgIpc) is 2.49. The first-order valence-electron chi connectivity index (χ1n) is 7.49. The maximum Gasteiger partial charge on any atom is 0.251 e. The molecule has 0 aliphatic heterocycles. The Morgan fingerprint density at radius 2 is 2.24 bits per heavy atom. The van der Waals surface area contributed by atoms with Crippen LogP contribution in [-0.4, -0.2) is 16.6 Å². The van der Waals surface area contributed by atoms with Gasteiger partial charge in [0.05, 0.1) is 6.54 Å². The zero-order valence-corrected chi connectivity index (χ0v) is 12.6. The maximum atomic E-state index is 12.3. The Balaban J connectivity index is 2.04. The van der Waals surface area contributed by atoms with Gasteiger partial charge in [0.1, 0.15) is 0 Å². The van der Waals surface area contributed by atoms with Crippen molar-refractivity contribution < 1.29 is 0 Å². The van der Waals surface area contributed by atoms with Crippen molar-refractivity contribution in [3.63, 3.8) is 0 Å². The van der Waals surface area contributed by atoms with Gasteiger partial charge in [-0.15, -0.1) is 0 Å². The van der Waals surface area contributed by atoms with Crippen LogP contribution in [0.5, 0.6) is 0 Å². The van der Waals surface area contributed by atoms with Crippen LogP contribution in [0.3, 0.4) is 0 Å². The molecule has 1 N–H and O–H groups in total. The van der Waals surface area contributed by atoms with E-state index in [4.69, 9.17) is 0 Å². The van der Waals surface area contributed by atoms with E-state index in [1.54, 1.807) is 6.07 Å². The molecule has 4 heteroatoms. The van der Waals surface area contributed by atoms with Crippen LogP contribution in [0.25, 0.3) is 0 Å². The third kappa shape index (κ3) is 2.76. The summed E-state index contributed by atoms with van der Waals surface area (Å²) in [5.41, 5.74) is 4.72. The highest BCUT2D eigenvalue weighted by molar-refractivity contribution is 5.29. The van der Waals surface area contributed by atoms with E-state index < -0.39 is 0 Å². The zero-order chi connectivity index (χ0) is 14.8. The van der Waals surface area contributed by atoms with Crippen LogP contribution in [-0.2, 0) is 13.0 Å². The molecule has 1 aliphatic carbocycles. The highest BCUT2D eigenvalue weighted by Crippen LogP contribution is 2.28. The third-order valence-corrected chi connectivity index (χ3v) is 4.23. The lowest BCUT2D eigenvalue weighted by Gasteiger charge is -2.27. The number of aryl methyl sites for hydroxylation is 1. The van der Waals surface area contributed by atoms with Crippen LogP contribution < -0.4 is 10.9 Å². The average molecular weight is 283 g/mol. The van der Waals surface area contributed by atoms with Gasteiger partial charge < -0.3 is 9.88 Å². The molecule has 1 unspecified atom stereocenters. The summed E-state index contributed by atoms with van der Waals surface area (Å²) in [5.74, 6) is 0. The smallest absolute Gasteiger partial charge is 0.251 e. The molecule has 2 heterocycles. The van der Waals surface area contributed by atoms with Crippen molar-refractivity contribution in [2.75, 3.05) is 7.05 Å². The summed E-state index contributed by atoms with van der Waals surface area (Å²) in [4.78, 5) is 16.5. The fraction of sp³-hybridized carbons (Fsp3) is 0.412. The molecule has 1 aliphatic rings. The van der Waals surface area contributed by atoms with Crippen molar-refractivity contribution in [2.24, 2.45) is 0 Å². The topological polar surface area (TPSA) is 46.9 Å². The van der Waals surface area contributed by atoms with Crippen molar-refractivity contribution in [1.29, 1.82) is 0 Å². The Labute approximate surface area is 124 Å². The second-order valence-corrected chi connectivity index (χ2v) is 5.76. The van der Waals surface area contributed by atoms with Gasteiger partial charge in [0, 0.05) is 30.2 Å². The van der Waals surface area contributed by atoms with Gasteiger partial charge in [-0.2, -0.15) is 0 Å². The minimum atomic E-state index is 0.0759. The first-order valence-corrected chi connectivity index (χ1v) is 7.49. The molecule has 0 bridgehead atoms. The minimum absolute atomic E-state index is 0.0759. The van der Waals surface area contributed by atoms with Crippen molar-refractivity contribution in [1.82, 2.24) is 14.9 Å². The fourth-order valence-corrected chi connectivity index (χ4v) is 3.22. The van der Waals surface area contributed by atoms with E-state index in [0.717, 1.165) is 30.4 Å². The van der Waals surface area contributed by atoms with Gasteiger partial charge in [-0.25, -0.2) is 0 Å². The largest absolute Gasteiger partial charge is 0.313 e. The van der Waals surface area contributed by atoms with E-state index >= 15 is 0 Å². The lowest BCUT2D eigenvalue weighted by atomic mass is 9.91. The van der Waals surface area contributed by atoms with E-state index in [9.17, 15) is 4.79 Å². The minimum Gasteiger partial charge on any atom is -0.313 e. The van der Waals surface area contributed by atoms with Crippen LogP contribution in [0, 0.1) is 6.92 Å². The molecule has 0 aromatic carbocycles. The highest BCUT2D eigenvalue weighted by atomic mass is 16.1.